The number of rotatable bonds is 6. The van der Waals surface area contributed by atoms with E-state index >= 15 is 0 Å². The first-order valence-corrected chi connectivity index (χ1v) is 8.17. The molecule has 3 heteroatoms. The summed E-state index contributed by atoms with van der Waals surface area (Å²) in [6.07, 6.45) is 6.10. The third kappa shape index (κ3) is 3.78. The van der Waals surface area contributed by atoms with E-state index in [0.29, 0.717) is 25.5 Å². The van der Waals surface area contributed by atoms with Gasteiger partial charge in [-0.1, -0.05) is 24.1 Å². The lowest BCUT2D eigenvalue weighted by Gasteiger charge is -2.20. The molecule has 2 bridgehead atoms. The molecule has 0 aromatic heterocycles. The van der Waals surface area contributed by atoms with Crippen molar-refractivity contribution < 1.29 is 9.53 Å². The van der Waals surface area contributed by atoms with Gasteiger partial charge in [0.2, 0.25) is 5.91 Å². The lowest BCUT2D eigenvalue weighted by Crippen LogP contribution is -2.30. The third-order valence-corrected chi connectivity index (χ3v) is 5.05. The van der Waals surface area contributed by atoms with Crippen LogP contribution in [-0.4, -0.2) is 19.1 Å². The van der Waals surface area contributed by atoms with Crippen LogP contribution in [0.2, 0.25) is 0 Å². The number of ether oxygens (including phenoxy) is 1. The summed E-state index contributed by atoms with van der Waals surface area (Å²) in [6.45, 7) is 3.18. The molecule has 3 nitrogen and oxygen atoms in total. The summed E-state index contributed by atoms with van der Waals surface area (Å²) in [7, 11) is 0. The predicted octanol–water partition coefficient (Wildman–Crippen LogP) is 3.32. The minimum atomic E-state index is 0.194. The third-order valence-electron chi connectivity index (χ3n) is 5.05. The zero-order chi connectivity index (χ0) is 14.7. The van der Waals surface area contributed by atoms with Gasteiger partial charge in [0.05, 0.1) is 6.54 Å². The number of hydrogen-bond acceptors (Lipinski definition) is 2. The molecule has 0 saturated heterocycles. The molecule has 1 N–H and O–H groups in total. The quantitative estimate of drug-likeness (QED) is 0.815. The van der Waals surface area contributed by atoms with Crippen LogP contribution < -0.4 is 10.1 Å². The van der Waals surface area contributed by atoms with E-state index in [4.69, 9.17) is 4.74 Å². The van der Waals surface area contributed by atoms with Gasteiger partial charge < -0.3 is 10.1 Å². The molecule has 1 amide bonds. The Hall–Kier alpha value is -1.51. The van der Waals surface area contributed by atoms with Crippen LogP contribution in [0.5, 0.6) is 5.75 Å². The summed E-state index contributed by atoms with van der Waals surface area (Å²) in [5.74, 6) is 3.44. The van der Waals surface area contributed by atoms with Gasteiger partial charge in [-0.15, -0.1) is 0 Å². The summed E-state index contributed by atoms with van der Waals surface area (Å²) in [5.41, 5.74) is 1.22. The second kappa shape index (κ2) is 6.50. The highest BCUT2D eigenvalue weighted by atomic mass is 16.5. The Balaban J connectivity index is 1.32. The normalized spacial score (nSPS) is 26.8. The van der Waals surface area contributed by atoms with E-state index in [9.17, 15) is 4.79 Å². The van der Waals surface area contributed by atoms with Gasteiger partial charge in [0, 0.05) is 6.42 Å². The average molecular weight is 287 g/mol. The number of nitrogens with one attached hydrogen (secondary N) is 1. The van der Waals surface area contributed by atoms with Crippen LogP contribution in [0.3, 0.4) is 0 Å². The molecule has 0 aliphatic heterocycles. The first-order valence-electron chi connectivity index (χ1n) is 8.17. The minimum absolute atomic E-state index is 0.194. The van der Waals surface area contributed by atoms with Crippen molar-refractivity contribution in [1.82, 2.24) is 5.32 Å². The number of amides is 1. The molecule has 1 aromatic carbocycles. The molecule has 21 heavy (non-hydrogen) atoms. The fourth-order valence-electron chi connectivity index (χ4n) is 3.93. The lowest BCUT2D eigenvalue weighted by molar-refractivity contribution is -0.122. The molecule has 0 spiro atoms. The molecule has 114 valence electrons. The van der Waals surface area contributed by atoms with Crippen molar-refractivity contribution in [3.63, 3.8) is 0 Å². The highest BCUT2D eigenvalue weighted by Crippen LogP contribution is 2.49. The van der Waals surface area contributed by atoms with Crippen molar-refractivity contribution in [2.75, 3.05) is 13.2 Å². The van der Waals surface area contributed by atoms with Crippen LogP contribution in [0.25, 0.3) is 0 Å². The van der Waals surface area contributed by atoms with Gasteiger partial charge in [0.1, 0.15) is 12.4 Å². The van der Waals surface area contributed by atoms with Crippen molar-refractivity contribution in [2.24, 2.45) is 17.8 Å². The number of fused-ring (bicyclic) bond motifs is 2. The first-order chi connectivity index (χ1) is 10.2. The van der Waals surface area contributed by atoms with Crippen LogP contribution in [0.15, 0.2) is 24.3 Å². The minimum Gasteiger partial charge on any atom is -0.492 e. The van der Waals surface area contributed by atoms with E-state index in [1.54, 1.807) is 0 Å². The number of benzene rings is 1. The van der Waals surface area contributed by atoms with Gasteiger partial charge >= 0.3 is 0 Å². The van der Waals surface area contributed by atoms with Gasteiger partial charge in [-0.05, 0) is 56.1 Å². The fourth-order valence-corrected chi connectivity index (χ4v) is 3.93. The summed E-state index contributed by atoms with van der Waals surface area (Å²) in [4.78, 5) is 12.0. The molecule has 2 saturated carbocycles. The van der Waals surface area contributed by atoms with Crippen molar-refractivity contribution in [2.45, 2.75) is 39.0 Å². The molecule has 3 atom stereocenters. The van der Waals surface area contributed by atoms with E-state index < -0.39 is 0 Å². The van der Waals surface area contributed by atoms with E-state index in [2.05, 4.69) is 12.2 Å². The fraction of sp³-hybridized carbons (Fsp3) is 0.611. The van der Waals surface area contributed by atoms with E-state index in [0.717, 1.165) is 17.6 Å². The van der Waals surface area contributed by atoms with Crippen molar-refractivity contribution in [1.29, 1.82) is 0 Å². The van der Waals surface area contributed by atoms with Gasteiger partial charge in [0.15, 0.2) is 0 Å². The van der Waals surface area contributed by atoms with Gasteiger partial charge in [-0.2, -0.15) is 0 Å². The zero-order valence-corrected chi connectivity index (χ0v) is 12.8. The van der Waals surface area contributed by atoms with Crippen LogP contribution in [0, 0.1) is 24.7 Å². The maximum atomic E-state index is 12.0. The molecule has 2 aliphatic carbocycles. The SMILES string of the molecule is Cc1ccc(OCCNC(=O)C[C@@H]2C[C@H]3CC[C@@H]2C3)cc1. The summed E-state index contributed by atoms with van der Waals surface area (Å²) >= 11 is 0. The summed E-state index contributed by atoms with van der Waals surface area (Å²) in [5, 5.41) is 2.99. The van der Waals surface area contributed by atoms with Gasteiger partial charge in [-0.3, -0.25) is 4.79 Å². The Kier molecular flexibility index (Phi) is 4.47. The van der Waals surface area contributed by atoms with Crippen LogP contribution in [-0.2, 0) is 4.79 Å². The number of hydrogen-bond donors (Lipinski definition) is 1. The molecular formula is C18H25NO2. The van der Waals surface area contributed by atoms with Crippen LogP contribution in [0.1, 0.15) is 37.7 Å². The largest absolute Gasteiger partial charge is 0.492 e. The molecule has 0 heterocycles. The first kappa shape index (κ1) is 14.4. The molecule has 3 rings (SSSR count). The Bertz CT molecular complexity index is 482. The van der Waals surface area contributed by atoms with E-state index in [-0.39, 0.29) is 5.91 Å². The van der Waals surface area contributed by atoms with Crippen molar-refractivity contribution >= 4 is 5.91 Å². The Morgan fingerprint density at radius 2 is 2.05 bits per heavy atom. The molecule has 0 unspecified atom stereocenters. The topological polar surface area (TPSA) is 38.3 Å². The Morgan fingerprint density at radius 1 is 1.24 bits per heavy atom. The standard InChI is InChI=1S/C18H25NO2/c1-13-2-6-17(7-3-13)21-9-8-19-18(20)12-16-11-14-4-5-15(16)10-14/h2-3,6-7,14-16H,4-5,8-12H2,1H3,(H,19,20)/t14-,15+,16-/m0/s1. The van der Waals surface area contributed by atoms with Crippen molar-refractivity contribution in [3.05, 3.63) is 29.8 Å². The molecule has 1 aromatic rings. The Labute approximate surface area is 127 Å². The molecule has 2 aliphatic rings. The van der Waals surface area contributed by atoms with Gasteiger partial charge in [-0.25, -0.2) is 0 Å². The van der Waals surface area contributed by atoms with Gasteiger partial charge in [0.25, 0.3) is 0 Å². The monoisotopic (exact) mass is 287 g/mol. The van der Waals surface area contributed by atoms with Crippen LogP contribution >= 0.6 is 0 Å². The highest BCUT2D eigenvalue weighted by molar-refractivity contribution is 5.76. The second-order valence-corrected chi connectivity index (χ2v) is 6.65. The maximum absolute atomic E-state index is 12.0. The maximum Gasteiger partial charge on any atom is 0.220 e. The molecular weight excluding hydrogens is 262 g/mol. The van der Waals surface area contributed by atoms with E-state index in [1.807, 2.05) is 24.3 Å². The number of carbonyl (C=O) groups excluding carboxylic acids is 1. The summed E-state index contributed by atoms with van der Waals surface area (Å²) < 4.78 is 5.62. The number of aryl methyl sites for hydroxylation is 1. The second-order valence-electron chi connectivity index (χ2n) is 6.65. The smallest absolute Gasteiger partial charge is 0.220 e. The number of carbonyl (C=O) groups is 1. The highest BCUT2D eigenvalue weighted by Gasteiger charge is 2.39. The van der Waals surface area contributed by atoms with Crippen molar-refractivity contribution in [3.8, 4) is 5.75 Å². The Morgan fingerprint density at radius 3 is 2.71 bits per heavy atom. The molecule has 2 fully saturated rings. The van der Waals surface area contributed by atoms with E-state index in [1.165, 1.54) is 31.2 Å². The summed E-state index contributed by atoms with van der Waals surface area (Å²) in [6, 6.07) is 7.99. The molecule has 0 radical (unpaired) electrons. The predicted molar refractivity (Wildman–Crippen MR) is 83.2 cm³/mol. The lowest BCUT2D eigenvalue weighted by atomic mass is 9.86. The zero-order valence-electron chi connectivity index (χ0n) is 12.8. The average Bonchev–Trinajstić information content (AvgIpc) is 3.08. The van der Waals surface area contributed by atoms with Crippen LogP contribution in [0.4, 0.5) is 0 Å².